The number of nitrogens with zero attached hydrogens (tertiary/aromatic N) is 2. The van der Waals surface area contributed by atoms with Crippen LogP contribution in [0.4, 0.5) is 0 Å². The van der Waals surface area contributed by atoms with Crippen LogP contribution in [-0.4, -0.2) is 22.4 Å². The molecule has 2 heterocycles. The molecule has 0 atom stereocenters. The molecule has 0 fully saturated rings. The highest BCUT2D eigenvalue weighted by Gasteiger charge is 2.11. The molecule has 0 aliphatic rings. The molecule has 134 valence electrons. The average Bonchev–Trinajstić information content (AvgIpc) is 3.16. The molecular formula is C22H19N3O2. The Bertz CT molecular complexity index is 1070. The van der Waals surface area contributed by atoms with Crippen LogP contribution in [0.15, 0.2) is 79.1 Å². The minimum Gasteiger partial charge on any atom is -0.497 e. The summed E-state index contributed by atoms with van der Waals surface area (Å²) in [5.41, 5.74) is 4.33. The Morgan fingerprint density at radius 3 is 2.48 bits per heavy atom. The van der Waals surface area contributed by atoms with Crippen LogP contribution in [0.25, 0.3) is 16.8 Å². The maximum absolute atomic E-state index is 12.5. The van der Waals surface area contributed by atoms with Crippen LogP contribution in [0.1, 0.15) is 16.1 Å². The van der Waals surface area contributed by atoms with E-state index in [-0.39, 0.29) is 5.91 Å². The number of methoxy groups -OCH3 is 1. The summed E-state index contributed by atoms with van der Waals surface area (Å²) in [6, 6.07) is 21.6. The quantitative estimate of drug-likeness (QED) is 0.589. The number of rotatable bonds is 5. The highest BCUT2D eigenvalue weighted by Crippen LogP contribution is 2.20. The van der Waals surface area contributed by atoms with Gasteiger partial charge in [0.15, 0.2) is 0 Å². The van der Waals surface area contributed by atoms with Gasteiger partial charge in [-0.15, -0.1) is 0 Å². The summed E-state index contributed by atoms with van der Waals surface area (Å²) in [5, 5.41) is 2.90. The Kier molecular flexibility index (Phi) is 4.58. The smallest absolute Gasteiger partial charge is 0.271 e. The molecule has 5 heteroatoms. The lowest BCUT2D eigenvalue weighted by molar-refractivity contribution is 0.0946. The lowest BCUT2D eigenvalue weighted by Gasteiger charge is -2.04. The zero-order valence-electron chi connectivity index (χ0n) is 14.9. The topological polar surface area (TPSA) is 55.6 Å². The van der Waals surface area contributed by atoms with E-state index in [4.69, 9.17) is 4.74 Å². The van der Waals surface area contributed by atoms with E-state index in [0.29, 0.717) is 12.2 Å². The molecule has 4 aromatic rings. The minimum absolute atomic E-state index is 0.198. The van der Waals surface area contributed by atoms with E-state index >= 15 is 0 Å². The monoisotopic (exact) mass is 357 g/mol. The van der Waals surface area contributed by atoms with Crippen LogP contribution in [0.3, 0.4) is 0 Å². The third-order valence-electron chi connectivity index (χ3n) is 4.40. The lowest BCUT2D eigenvalue weighted by atomic mass is 10.1. The number of nitrogens with one attached hydrogen (secondary N) is 1. The third kappa shape index (κ3) is 3.67. The van der Waals surface area contributed by atoms with Gasteiger partial charge >= 0.3 is 0 Å². The molecule has 5 nitrogen and oxygen atoms in total. The number of fused-ring (bicyclic) bond motifs is 1. The van der Waals surface area contributed by atoms with Crippen LogP contribution in [0.2, 0.25) is 0 Å². The van der Waals surface area contributed by atoms with Crippen molar-refractivity contribution in [3.05, 3.63) is 90.4 Å². The van der Waals surface area contributed by atoms with Crippen molar-refractivity contribution in [2.24, 2.45) is 0 Å². The van der Waals surface area contributed by atoms with Crippen LogP contribution >= 0.6 is 0 Å². The molecule has 1 N–H and O–H groups in total. The molecule has 0 spiro atoms. The fraction of sp³-hybridized carbons (Fsp3) is 0.0909. The standard InChI is InChI=1S/C22H19N3O2/c1-27-19-10-7-16(8-11-19)13-23-22(26)20-15-25-14-18(9-12-21(25)24-20)17-5-3-2-4-6-17/h2-12,14-15H,13H2,1H3,(H,23,26). The molecule has 0 saturated carbocycles. The number of hydrogen-bond acceptors (Lipinski definition) is 3. The molecule has 1 amide bonds. The second kappa shape index (κ2) is 7.33. The number of ether oxygens (including phenoxy) is 1. The van der Waals surface area contributed by atoms with Crippen LogP contribution in [-0.2, 0) is 6.54 Å². The molecule has 2 aromatic carbocycles. The Labute approximate surface area is 157 Å². The second-order valence-electron chi connectivity index (χ2n) is 6.21. The van der Waals surface area contributed by atoms with Gasteiger partial charge in [0, 0.05) is 18.9 Å². The summed E-state index contributed by atoms with van der Waals surface area (Å²) in [4.78, 5) is 16.9. The first kappa shape index (κ1) is 16.8. The van der Waals surface area contributed by atoms with Crippen molar-refractivity contribution in [3.63, 3.8) is 0 Å². The molecule has 27 heavy (non-hydrogen) atoms. The number of benzene rings is 2. The highest BCUT2D eigenvalue weighted by atomic mass is 16.5. The van der Waals surface area contributed by atoms with E-state index in [1.165, 1.54) is 0 Å². The van der Waals surface area contributed by atoms with Crippen molar-refractivity contribution in [2.75, 3.05) is 7.11 Å². The first-order valence-corrected chi connectivity index (χ1v) is 8.68. The van der Waals surface area contributed by atoms with Gasteiger partial charge in [-0.05, 0) is 41.0 Å². The molecule has 0 radical (unpaired) electrons. The predicted molar refractivity (Wildman–Crippen MR) is 105 cm³/mol. The summed E-state index contributed by atoms with van der Waals surface area (Å²) < 4.78 is 7.02. The molecule has 0 saturated heterocycles. The Hall–Kier alpha value is -3.60. The molecule has 2 aromatic heterocycles. The summed E-state index contributed by atoms with van der Waals surface area (Å²) in [7, 11) is 1.63. The molecule has 0 aliphatic carbocycles. The maximum atomic E-state index is 12.5. The highest BCUT2D eigenvalue weighted by molar-refractivity contribution is 5.92. The van der Waals surface area contributed by atoms with Crippen LogP contribution in [0, 0.1) is 0 Å². The maximum Gasteiger partial charge on any atom is 0.271 e. The van der Waals surface area contributed by atoms with Gasteiger partial charge in [0.1, 0.15) is 17.1 Å². The summed E-state index contributed by atoms with van der Waals surface area (Å²) in [6.07, 6.45) is 3.74. The Balaban J connectivity index is 1.50. The summed E-state index contributed by atoms with van der Waals surface area (Å²) in [6.45, 7) is 0.436. The van der Waals surface area contributed by atoms with Gasteiger partial charge in [0.05, 0.1) is 7.11 Å². The van der Waals surface area contributed by atoms with Gasteiger partial charge in [-0.3, -0.25) is 4.79 Å². The van der Waals surface area contributed by atoms with Gasteiger partial charge in [-0.1, -0.05) is 42.5 Å². The zero-order valence-corrected chi connectivity index (χ0v) is 14.9. The van der Waals surface area contributed by atoms with Gasteiger partial charge in [-0.25, -0.2) is 4.98 Å². The lowest BCUT2D eigenvalue weighted by Crippen LogP contribution is -2.23. The van der Waals surface area contributed by atoms with E-state index in [1.54, 1.807) is 13.3 Å². The van der Waals surface area contributed by atoms with E-state index in [0.717, 1.165) is 28.1 Å². The fourth-order valence-electron chi connectivity index (χ4n) is 2.92. The number of amides is 1. The van der Waals surface area contributed by atoms with E-state index in [2.05, 4.69) is 22.4 Å². The van der Waals surface area contributed by atoms with Gasteiger partial charge in [0.25, 0.3) is 5.91 Å². The first-order chi connectivity index (χ1) is 13.2. The second-order valence-corrected chi connectivity index (χ2v) is 6.21. The molecule has 4 rings (SSSR count). The third-order valence-corrected chi connectivity index (χ3v) is 4.40. The largest absolute Gasteiger partial charge is 0.497 e. The van der Waals surface area contributed by atoms with Gasteiger partial charge in [0.2, 0.25) is 0 Å². The van der Waals surface area contributed by atoms with E-state index in [1.807, 2.05) is 65.2 Å². The van der Waals surface area contributed by atoms with Gasteiger partial charge in [-0.2, -0.15) is 0 Å². The molecule has 0 bridgehead atoms. The summed E-state index contributed by atoms with van der Waals surface area (Å²) in [5.74, 6) is 0.593. The Morgan fingerprint density at radius 2 is 1.74 bits per heavy atom. The minimum atomic E-state index is -0.198. The van der Waals surface area contributed by atoms with Crippen molar-refractivity contribution >= 4 is 11.6 Å². The first-order valence-electron chi connectivity index (χ1n) is 8.68. The average molecular weight is 357 g/mol. The number of hydrogen-bond donors (Lipinski definition) is 1. The summed E-state index contributed by atoms with van der Waals surface area (Å²) >= 11 is 0. The number of carbonyl (C=O) groups is 1. The fourth-order valence-corrected chi connectivity index (χ4v) is 2.92. The number of pyridine rings is 1. The molecule has 0 unspecified atom stereocenters. The Morgan fingerprint density at radius 1 is 0.963 bits per heavy atom. The van der Waals surface area contributed by atoms with Crippen molar-refractivity contribution in [1.29, 1.82) is 0 Å². The van der Waals surface area contributed by atoms with Crippen molar-refractivity contribution in [1.82, 2.24) is 14.7 Å². The SMILES string of the molecule is COc1ccc(CNC(=O)c2cn3cc(-c4ccccc4)ccc3n2)cc1. The number of aromatic nitrogens is 2. The van der Waals surface area contributed by atoms with Crippen LogP contribution < -0.4 is 10.1 Å². The van der Waals surface area contributed by atoms with Gasteiger partial charge < -0.3 is 14.5 Å². The number of imidazole rings is 1. The molecular weight excluding hydrogens is 338 g/mol. The van der Waals surface area contributed by atoms with E-state index in [9.17, 15) is 4.79 Å². The predicted octanol–water partition coefficient (Wildman–Crippen LogP) is 3.94. The van der Waals surface area contributed by atoms with E-state index < -0.39 is 0 Å². The van der Waals surface area contributed by atoms with Crippen LogP contribution in [0.5, 0.6) is 5.75 Å². The van der Waals surface area contributed by atoms with Crippen molar-refractivity contribution in [2.45, 2.75) is 6.54 Å². The van der Waals surface area contributed by atoms with Crippen molar-refractivity contribution < 1.29 is 9.53 Å². The normalized spacial score (nSPS) is 10.7. The van der Waals surface area contributed by atoms with Crippen molar-refractivity contribution in [3.8, 4) is 16.9 Å². The number of carbonyl (C=O) groups excluding carboxylic acids is 1. The molecule has 0 aliphatic heterocycles. The zero-order chi connectivity index (χ0) is 18.6.